The lowest BCUT2D eigenvalue weighted by molar-refractivity contribution is 0.181. The molecule has 0 fully saturated rings. The van der Waals surface area contributed by atoms with Crippen molar-refractivity contribution in [1.29, 1.82) is 0 Å². The molecule has 0 spiro atoms. The molecule has 0 aliphatic heterocycles. The van der Waals surface area contributed by atoms with Crippen LogP contribution in [0.3, 0.4) is 0 Å². The van der Waals surface area contributed by atoms with Gasteiger partial charge in [0.25, 0.3) is 5.56 Å². The highest BCUT2D eigenvalue weighted by atomic mass is 79.9. The highest BCUT2D eigenvalue weighted by molar-refractivity contribution is 9.10. The monoisotopic (exact) mass is 301 g/mol. The summed E-state index contributed by atoms with van der Waals surface area (Å²) in [5, 5.41) is 7.17. The fraction of sp³-hybridized carbons (Fsp3) is 0.455. The number of methoxy groups -OCH3 is 1. The molecule has 1 atom stereocenters. The number of nitrogens with zero attached hydrogens (tertiary/aromatic N) is 2. The average Bonchev–Trinajstić information content (AvgIpc) is 2.34. The molecule has 5 nitrogen and oxygen atoms in total. The second-order valence-corrected chi connectivity index (χ2v) is 4.36. The number of aromatic nitrogens is 2. The summed E-state index contributed by atoms with van der Waals surface area (Å²) in [4.78, 5) is 11.9. The Balaban J connectivity index is 2.94. The van der Waals surface area contributed by atoms with Gasteiger partial charge in [0.2, 0.25) is 0 Å². The first kappa shape index (κ1) is 13.9. The zero-order chi connectivity index (χ0) is 12.8. The van der Waals surface area contributed by atoms with Crippen LogP contribution in [0.25, 0.3) is 0 Å². The van der Waals surface area contributed by atoms with Gasteiger partial charge in [-0.15, -0.1) is 6.58 Å². The number of rotatable bonds is 6. The third-order valence-corrected chi connectivity index (χ3v) is 3.00. The molecule has 1 heterocycles. The second-order valence-electron chi connectivity index (χ2n) is 3.56. The van der Waals surface area contributed by atoms with E-state index in [9.17, 15) is 4.79 Å². The Labute approximate surface area is 109 Å². The van der Waals surface area contributed by atoms with Crippen LogP contribution in [-0.4, -0.2) is 29.5 Å². The van der Waals surface area contributed by atoms with E-state index in [0.29, 0.717) is 23.3 Å². The summed E-state index contributed by atoms with van der Waals surface area (Å²) >= 11 is 3.27. The van der Waals surface area contributed by atoms with E-state index < -0.39 is 0 Å². The molecule has 0 bridgehead atoms. The van der Waals surface area contributed by atoms with Gasteiger partial charge >= 0.3 is 0 Å². The van der Waals surface area contributed by atoms with Crippen LogP contribution >= 0.6 is 15.9 Å². The number of halogens is 1. The molecule has 0 aliphatic carbocycles. The molecule has 1 N–H and O–H groups in total. The molecule has 0 saturated heterocycles. The fourth-order valence-corrected chi connectivity index (χ4v) is 1.63. The van der Waals surface area contributed by atoms with E-state index in [2.05, 4.69) is 32.9 Å². The van der Waals surface area contributed by atoms with Crippen molar-refractivity contribution in [2.45, 2.75) is 19.5 Å². The smallest absolute Gasteiger partial charge is 0.283 e. The van der Waals surface area contributed by atoms with Gasteiger partial charge in [0.1, 0.15) is 4.47 Å². The average molecular weight is 302 g/mol. The molecule has 0 radical (unpaired) electrons. The van der Waals surface area contributed by atoms with Crippen LogP contribution in [0.5, 0.6) is 0 Å². The minimum Gasteiger partial charge on any atom is -0.383 e. The molecular formula is C11H16BrN3O2. The van der Waals surface area contributed by atoms with E-state index in [1.54, 1.807) is 19.4 Å². The van der Waals surface area contributed by atoms with Crippen molar-refractivity contribution in [2.24, 2.45) is 0 Å². The lowest BCUT2D eigenvalue weighted by Crippen LogP contribution is -2.27. The van der Waals surface area contributed by atoms with Crippen LogP contribution in [0.4, 0.5) is 5.69 Å². The van der Waals surface area contributed by atoms with Gasteiger partial charge in [-0.05, 0) is 22.9 Å². The summed E-state index contributed by atoms with van der Waals surface area (Å²) in [6.45, 7) is 6.50. The molecule has 1 unspecified atom stereocenters. The number of hydrogen-bond donors (Lipinski definition) is 1. The van der Waals surface area contributed by atoms with Gasteiger partial charge < -0.3 is 10.1 Å². The third-order valence-electron chi connectivity index (χ3n) is 2.23. The number of ether oxygens (including phenoxy) is 1. The molecule has 0 amide bonds. The zero-order valence-electron chi connectivity index (χ0n) is 9.94. The Morgan fingerprint density at radius 1 is 1.76 bits per heavy atom. The van der Waals surface area contributed by atoms with Crippen molar-refractivity contribution in [3.63, 3.8) is 0 Å². The molecule has 1 aromatic heterocycles. The molecular weight excluding hydrogens is 286 g/mol. The Hall–Kier alpha value is -1.14. The highest BCUT2D eigenvalue weighted by Gasteiger charge is 2.09. The van der Waals surface area contributed by atoms with E-state index in [0.717, 1.165) is 0 Å². The van der Waals surface area contributed by atoms with Gasteiger partial charge in [-0.25, -0.2) is 4.68 Å². The van der Waals surface area contributed by atoms with Gasteiger partial charge in [0.05, 0.1) is 25.0 Å². The predicted molar refractivity (Wildman–Crippen MR) is 71.4 cm³/mol. The first-order valence-electron chi connectivity index (χ1n) is 5.23. The van der Waals surface area contributed by atoms with Crippen LogP contribution in [-0.2, 0) is 11.3 Å². The maximum Gasteiger partial charge on any atom is 0.283 e. The Morgan fingerprint density at radius 3 is 3.06 bits per heavy atom. The molecule has 94 valence electrons. The molecule has 6 heteroatoms. The summed E-state index contributed by atoms with van der Waals surface area (Å²) < 4.78 is 6.74. The molecule has 0 aromatic carbocycles. The van der Waals surface area contributed by atoms with E-state index >= 15 is 0 Å². The Kier molecular flexibility index (Phi) is 5.37. The van der Waals surface area contributed by atoms with Crippen molar-refractivity contribution in [1.82, 2.24) is 9.78 Å². The largest absolute Gasteiger partial charge is 0.383 e. The highest BCUT2D eigenvalue weighted by Crippen LogP contribution is 2.17. The first-order chi connectivity index (χ1) is 8.10. The SMILES string of the molecule is C=CC(C)Nc1cnn(CCOC)c(=O)c1Br. The molecule has 1 aromatic rings. The van der Waals surface area contributed by atoms with E-state index in [1.165, 1.54) is 4.68 Å². The van der Waals surface area contributed by atoms with Crippen LogP contribution < -0.4 is 10.9 Å². The van der Waals surface area contributed by atoms with Crippen LogP contribution in [0.2, 0.25) is 0 Å². The number of hydrogen-bond acceptors (Lipinski definition) is 4. The normalized spacial score (nSPS) is 12.2. The quantitative estimate of drug-likeness (QED) is 0.812. The van der Waals surface area contributed by atoms with Gasteiger partial charge in [-0.1, -0.05) is 6.08 Å². The topological polar surface area (TPSA) is 56.1 Å². The molecule has 17 heavy (non-hydrogen) atoms. The van der Waals surface area contributed by atoms with Gasteiger partial charge in [0, 0.05) is 13.2 Å². The molecule has 1 rings (SSSR count). The maximum atomic E-state index is 11.9. The van der Waals surface area contributed by atoms with Crippen LogP contribution in [0.1, 0.15) is 6.92 Å². The standard InChI is InChI=1S/C11H16BrN3O2/c1-4-8(2)14-9-7-13-15(5-6-17-3)11(16)10(9)12/h4,7-8,14H,1,5-6H2,2-3H3. The van der Waals surface area contributed by atoms with Gasteiger partial charge in [-0.2, -0.15) is 5.10 Å². The predicted octanol–water partition coefficient (Wildman–Crippen LogP) is 1.64. The van der Waals surface area contributed by atoms with Crippen molar-refractivity contribution in [3.05, 3.63) is 33.7 Å². The summed E-state index contributed by atoms with van der Waals surface area (Å²) in [5.74, 6) is 0. The zero-order valence-corrected chi connectivity index (χ0v) is 11.5. The van der Waals surface area contributed by atoms with E-state index in [-0.39, 0.29) is 11.6 Å². The van der Waals surface area contributed by atoms with Crippen molar-refractivity contribution in [2.75, 3.05) is 19.0 Å². The fourth-order valence-electron chi connectivity index (χ4n) is 1.21. The first-order valence-corrected chi connectivity index (χ1v) is 6.03. The van der Waals surface area contributed by atoms with E-state index in [1.807, 2.05) is 6.92 Å². The van der Waals surface area contributed by atoms with Crippen molar-refractivity contribution in [3.8, 4) is 0 Å². The van der Waals surface area contributed by atoms with Crippen LogP contribution in [0.15, 0.2) is 28.1 Å². The lowest BCUT2D eigenvalue weighted by Gasteiger charge is -2.13. The Bertz CT molecular complexity index is 445. The van der Waals surface area contributed by atoms with Crippen LogP contribution in [0, 0.1) is 0 Å². The maximum absolute atomic E-state index is 11.9. The Morgan fingerprint density at radius 2 is 2.47 bits per heavy atom. The second kappa shape index (κ2) is 6.56. The third kappa shape index (κ3) is 3.67. The van der Waals surface area contributed by atoms with Crippen molar-refractivity contribution >= 4 is 21.6 Å². The number of nitrogens with one attached hydrogen (secondary N) is 1. The van der Waals surface area contributed by atoms with Crippen molar-refractivity contribution < 1.29 is 4.74 Å². The summed E-state index contributed by atoms with van der Waals surface area (Å²) in [6, 6.07) is 0.0716. The minimum absolute atomic E-state index is 0.0716. The summed E-state index contributed by atoms with van der Waals surface area (Å²) in [7, 11) is 1.59. The van der Waals surface area contributed by atoms with E-state index in [4.69, 9.17) is 4.74 Å². The lowest BCUT2D eigenvalue weighted by atomic mass is 10.3. The molecule has 0 saturated carbocycles. The molecule has 0 aliphatic rings. The number of anilines is 1. The summed E-state index contributed by atoms with van der Waals surface area (Å²) in [6.07, 6.45) is 3.37. The summed E-state index contributed by atoms with van der Waals surface area (Å²) in [5.41, 5.74) is 0.486. The minimum atomic E-state index is -0.177. The van der Waals surface area contributed by atoms with Gasteiger partial charge in [-0.3, -0.25) is 4.79 Å². The van der Waals surface area contributed by atoms with Gasteiger partial charge in [0.15, 0.2) is 0 Å².